The SMILES string of the molecule is CCCCCCCCCCOc1cccc(N(CC(=O)O)CC(=O)O)c1. The summed E-state index contributed by atoms with van der Waals surface area (Å²) in [4.78, 5) is 23.2. The van der Waals surface area contributed by atoms with Gasteiger partial charge in [0.25, 0.3) is 0 Å². The molecule has 0 fully saturated rings. The fourth-order valence-corrected chi connectivity index (χ4v) is 2.76. The number of anilines is 1. The summed E-state index contributed by atoms with van der Waals surface area (Å²) in [6.07, 6.45) is 9.82. The fraction of sp³-hybridized carbons (Fsp3) is 0.600. The molecule has 6 heteroatoms. The van der Waals surface area contributed by atoms with Crippen molar-refractivity contribution in [1.82, 2.24) is 0 Å². The molecule has 0 atom stereocenters. The molecule has 0 radical (unpaired) electrons. The van der Waals surface area contributed by atoms with Crippen molar-refractivity contribution in [3.05, 3.63) is 24.3 Å². The van der Waals surface area contributed by atoms with E-state index in [2.05, 4.69) is 6.92 Å². The molecule has 2 N–H and O–H groups in total. The maximum atomic E-state index is 10.9. The van der Waals surface area contributed by atoms with E-state index in [1.165, 1.54) is 43.4 Å². The molecule has 1 aromatic rings. The van der Waals surface area contributed by atoms with Crippen LogP contribution in [0.3, 0.4) is 0 Å². The summed E-state index contributed by atoms with van der Waals surface area (Å²) < 4.78 is 5.73. The van der Waals surface area contributed by atoms with Crippen LogP contribution < -0.4 is 9.64 Å². The summed E-state index contributed by atoms with van der Waals surface area (Å²) in [6, 6.07) is 6.93. The Kier molecular flexibility index (Phi) is 10.9. The number of carbonyl (C=O) groups is 2. The highest BCUT2D eigenvalue weighted by Gasteiger charge is 2.14. The van der Waals surface area contributed by atoms with E-state index in [0.29, 0.717) is 18.0 Å². The number of nitrogens with zero attached hydrogens (tertiary/aromatic N) is 1. The Morgan fingerprint density at radius 1 is 0.923 bits per heavy atom. The number of benzene rings is 1. The number of aliphatic carboxylic acids is 2. The van der Waals surface area contributed by atoms with Gasteiger partial charge in [-0.25, -0.2) is 0 Å². The Balaban J connectivity index is 2.38. The molecular formula is C20H31NO5. The first kappa shape index (κ1) is 21.8. The maximum absolute atomic E-state index is 10.9. The Bertz CT molecular complexity index is 531. The second kappa shape index (κ2) is 13.0. The van der Waals surface area contributed by atoms with Gasteiger partial charge >= 0.3 is 11.9 Å². The van der Waals surface area contributed by atoms with Crippen LogP contribution in [0.1, 0.15) is 58.3 Å². The Morgan fingerprint density at radius 3 is 2.08 bits per heavy atom. The standard InChI is InChI=1S/C20H31NO5/c1-2-3-4-5-6-7-8-9-13-26-18-12-10-11-17(14-18)21(15-19(22)23)16-20(24)25/h10-12,14H,2-9,13,15-16H2,1H3,(H,22,23)(H,24,25). The number of rotatable bonds is 15. The molecule has 0 saturated carbocycles. The lowest BCUT2D eigenvalue weighted by molar-refractivity contribution is -0.136. The van der Waals surface area contributed by atoms with E-state index in [1.807, 2.05) is 0 Å². The van der Waals surface area contributed by atoms with Crippen molar-refractivity contribution in [3.8, 4) is 5.75 Å². The molecule has 0 saturated heterocycles. The van der Waals surface area contributed by atoms with Crippen molar-refractivity contribution in [2.24, 2.45) is 0 Å². The van der Waals surface area contributed by atoms with Crippen molar-refractivity contribution >= 4 is 17.6 Å². The summed E-state index contributed by atoms with van der Waals surface area (Å²) >= 11 is 0. The summed E-state index contributed by atoms with van der Waals surface area (Å²) in [5.74, 6) is -1.51. The first-order valence-electron chi connectivity index (χ1n) is 9.44. The third kappa shape index (κ3) is 9.91. The average Bonchev–Trinajstić information content (AvgIpc) is 2.59. The van der Waals surface area contributed by atoms with Gasteiger partial charge in [0.05, 0.1) is 6.61 Å². The quantitative estimate of drug-likeness (QED) is 0.453. The molecule has 0 heterocycles. The second-order valence-corrected chi connectivity index (χ2v) is 6.46. The van der Waals surface area contributed by atoms with E-state index < -0.39 is 11.9 Å². The maximum Gasteiger partial charge on any atom is 0.323 e. The Labute approximate surface area is 155 Å². The van der Waals surface area contributed by atoms with E-state index in [0.717, 1.165) is 12.8 Å². The van der Waals surface area contributed by atoms with E-state index in [4.69, 9.17) is 14.9 Å². The predicted molar refractivity (Wildman–Crippen MR) is 102 cm³/mol. The molecular weight excluding hydrogens is 334 g/mol. The van der Waals surface area contributed by atoms with Gasteiger partial charge in [-0.05, 0) is 18.6 Å². The molecule has 26 heavy (non-hydrogen) atoms. The van der Waals surface area contributed by atoms with Crippen molar-refractivity contribution in [2.75, 3.05) is 24.6 Å². The molecule has 0 aliphatic rings. The van der Waals surface area contributed by atoms with Crippen molar-refractivity contribution in [3.63, 3.8) is 0 Å². The Morgan fingerprint density at radius 2 is 1.50 bits per heavy atom. The lowest BCUT2D eigenvalue weighted by Crippen LogP contribution is -2.34. The zero-order valence-electron chi connectivity index (χ0n) is 15.7. The molecule has 0 unspecified atom stereocenters. The van der Waals surface area contributed by atoms with Crippen molar-refractivity contribution in [2.45, 2.75) is 58.3 Å². The number of carboxylic acid groups (broad SMARTS) is 2. The van der Waals surface area contributed by atoms with Crippen LogP contribution in [0.25, 0.3) is 0 Å². The number of hydrogen-bond donors (Lipinski definition) is 2. The van der Waals surface area contributed by atoms with Gasteiger partial charge in [-0.2, -0.15) is 0 Å². The third-order valence-electron chi connectivity index (χ3n) is 4.10. The highest BCUT2D eigenvalue weighted by atomic mass is 16.5. The minimum absolute atomic E-state index is 0.367. The van der Waals surface area contributed by atoms with Gasteiger partial charge in [0.1, 0.15) is 18.8 Å². The topological polar surface area (TPSA) is 87.1 Å². The van der Waals surface area contributed by atoms with E-state index in [1.54, 1.807) is 24.3 Å². The van der Waals surface area contributed by atoms with Crippen LogP contribution >= 0.6 is 0 Å². The monoisotopic (exact) mass is 365 g/mol. The van der Waals surface area contributed by atoms with Gasteiger partial charge < -0.3 is 19.8 Å². The van der Waals surface area contributed by atoms with Crippen LogP contribution in [0.15, 0.2) is 24.3 Å². The minimum Gasteiger partial charge on any atom is -0.494 e. The van der Waals surface area contributed by atoms with Crippen LogP contribution in [0, 0.1) is 0 Å². The van der Waals surface area contributed by atoms with Crippen LogP contribution in [-0.2, 0) is 9.59 Å². The molecule has 0 bridgehead atoms. The molecule has 0 aromatic heterocycles. The summed E-state index contributed by atoms with van der Waals surface area (Å²) in [7, 11) is 0. The normalized spacial score (nSPS) is 10.5. The second-order valence-electron chi connectivity index (χ2n) is 6.46. The summed E-state index contributed by atoms with van der Waals surface area (Å²) in [6.45, 7) is 2.09. The highest BCUT2D eigenvalue weighted by Crippen LogP contribution is 2.21. The van der Waals surface area contributed by atoms with Crippen molar-refractivity contribution in [1.29, 1.82) is 0 Å². The summed E-state index contributed by atoms with van der Waals surface area (Å²) in [5, 5.41) is 17.9. The lowest BCUT2D eigenvalue weighted by Gasteiger charge is -2.21. The van der Waals surface area contributed by atoms with E-state index >= 15 is 0 Å². The first-order valence-corrected chi connectivity index (χ1v) is 9.44. The first-order chi connectivity index (χ1) is 12.5. The van der Waals surface area contributed by atoms with Crippen LogP contribution in [0.2, 0.25) is 0 Å². The molecule has 6 nitrogen and oxygen atoms in total. The zero-order valence-corrected chi connectivity index (χ0v) is 15.7. The van der Waals surface area contributed by atoms with Crippen LogP contribution in [0.4, 0.5) is 5.69 Å². The van der Waals surface area contributed by atoms with Gasteiger partial charge in [-0.1, -0.05) is 57.9 Å². The minimum atomic E-state index is -1.07. The van der Waals surface area contributed by atoms with Gasteiger partial charge in [0.15, 0.2) is 0 Å². The van der Waals surface area contributed by atoms with Gasteiger partial charge in [0.2, 0.25) is 0 Å². The molecule has 0 aliphatic carbocycles. The van der Waals surface area contributed by atoms with Crippen molar-refractivity contribution < 1.29 is 24.5 Å². The number of hydrogen-bond acceptors (Lipinski definition) is 4. The summed E-state index contributed by atoms with van der Waals surface area (Å²) in [5.41, 5.74) is 0.531. The molecule has 0 spiro atoms. The molecule has 1 rings (SSSR count). The van der Waals surface area contributed by atoms with Gasteiger partial charge in [-0.15, -0.1) is 0 Å². The molecule has 0 aliphatic heterocycles. The third-order valence-corrected chi connectivity index (χ3v) is 4.10. The van der Waals surface area contributed by atoms with Crippen LogP contribution in [-0.4, -0.2) is 41.8 Å². The largest absolute Gasteiger partial charge is 0.494 e. The van der Waals surface area contributed by atoms with Crippen LogP contribution in [0.5, 0.6) is 5.75 Å². The fourth-order valence-electron chi connectivity index (χ4n) is 2.76. The number of ether oxygens (including phenoxy) is 1. The van der Waals surface area contributed by atoms with E-state index in [-0.39, 0.29) is 13.1 Å². The number of carboxylic acids is 2. The predicted octanol–water partition coefficient (Wildman–Crippen LogP) is 4.18. The molecule has 1 aromatic carbocycles. The highest BCUT2D eigenvalue weighted by molar-refractivity contribution is 5.79. The molecule has 0 amide bonds. The number of unbranched alkanes of at least 4 members (excludes halogenated alkanes) is 7. The van der Waals surface area contributed by atoms with Gasteiger partial charge in [-0.3, -0.25) is 9.59 Å². The van der Waals surface area contributed by atoms with E-state index in [9.17, 15) is 9.59 Å². The smallest absolute Gasteiger partial charge is 0.323 e. The van der Waals surface area contributed by atoms with Gasteiger partial charge in [0, 0.05) is 11.8 Å². The zero-order chi connectivity index (χ0) is 19.2. The molecule has 146 valence electrons. The Hall–Kier alpha value is -2.24. The average molecular weight is 365 g/mol. The lowest BCUT2D eigenvalue weighted by atomic mass is 10.1.